The molecule has 0 radical (unpaired) electrons. The molecule has 0 atom stereocenters. The molecule has 2 aromatic carbocycles. The number of halogens is 1. The van der Waals surface area contributed by atoms with Gasteiger partial charge in [-0.2, -0.15) is 0 Å². The topological polar surface area (TPSA) is 54.0 Å². The van der Waals surface area contributed by atoms with Crippen LogP contribution in [-0.2, 0) is 6.54 Å². The zero-order valence-electron chi connectivity index (χ0n) is 14.7. The van der Waals surface area contributed by atoms with Crippen molar-refractivity contribution in [2.24, 2.45) is 0 Å². The van der Waals surface area contributed by atoms with Crippen LogP contribution in [0.5, 0.6) is 0 Å². The molecule has 0 fully saturated rings. The fourth-order valence-corrected chi connectivity index (χ4v) is 2.71. The van der Waals surface area contributed by atoms with Gasteiger partial charge in [-0.15, -0.1) is 0 Å². The number of benzene rings is 2. The van der Waals surface area contributed by atoms with Crippen molar-refractivity contribution in [1.29, 1.82) is 0 Å². The van der Waals surface area contributed by atoms with E-state index < -0.39 is 0 Å². The Labute approximate surface area is 152 Å². The average molecular weight is 349 g/mol. The first-order valence-electron chi connectivity index (χ1n) is 8.33. The Morgan fingerprint density at radius 3 is 2.35 bits per heavy atom. The number of amides is 1. The van der Waals surface area contributed by atoms with Gasteiger partial charge >= 0.3 is 0 Å². The van der Waals surface area contributed by atoms with Gasteiger partial charge in [0.05, 0.1) is 0 Å². The van der Waals surface area contributed by atoms with Gasteiger partial charge in [0.1, 0.15) is 11.5 Å². The minimum atomic E-state index is -0.263. The summed E-state index contributed by atoms with van der Waals surface area (Å²) >= 11 is 0. The zero-order chi connectivity index (χ0) is 18.5. The van der Waals surface area contributed by atoms with Crippen molar-refractivity contribution in [3.05, 3.63) is 89.0 Å². The minimum absolute atomic E-state index is 0.261. The van der Waals surface area contributed by atoms with Crippen molar-refractivity contribution in [3.8, 4) is 0 Å². The van der Waals surface area contributed by atoms with Crippen LogP contribution < -0.4 is 10.6 Å². The molecule has 26 heavy (non-hydrogen) atoms. The van der Waals surface area contributed by atoms with Crippen molar-refractivity contribution in [2.45, 2.75) is 20.4 Å². The van der Waals surface area contributed by atoms with Crippen molar-refractivity contribution in [1.82, 2.24) is 4.98 Å². The number of hydrogen-bond donors (Lipinski definition) is 2. The summed E-state index contributed by atoms with van der Waals surface area (Å²) in [5, 5.41) is 6.09. The van der Waals surface area contributed by atoms with Crippen LogP contribution in [-0.4, -0.2) is 10.9 Å². The Morgan fingerprint density at radius 2 is 1.65 bits per heavy atom. The quantitative estimate of drug-likeness (QED) is 0.702. The lowest BCUT2D eigenvalue weighted by atomic mass is 10.1. The molecule has 0 aliphatic heterocycles. The second-order valence-corrected chi connectivity index (χ2v) is 6.24. The van der Waals surface area contributed by atoms with Crippen LogP contribution in [0.1, 0.15) is 27.2 Å². The number of nitrogens with zero attached hydrogens (tertiary/aromatic N) is 1. The number of rotatable bonds is 5. The van der Waals surface area contributed by atoms with Crippen molar-refractivity contribution in [2.75, 3.05) is 10.6 Å². The Hall–Kier alpha value is -3.21. The summed E-state index contributed by atoms with van der Waals surface area (Å²) in [5.41, 5.74) is 4.97. The first-order valence-corrected chi connectivity index (χ1v) is 8.33. The van der Waals surface area contributed by atoms with Crippen molar-refractivity contribution in [3.63, 3.8) is 0 Å². The number of aromatic nitrogens is 1. The van der Waals surface area contributed by atoms with E-state index in [1.54, 1.807) is 30.5 Å². The monoisotopic (exact) mass is 349 g/mol. The van der Waals surface area contributed by atoms with Gasteiger partial charge in [-0.1, -0.05) is 18.2 Å². The van der Waals surface area contributed by atoms with Crippen molar-refractivity contribution < 1.29 is 9.18 Å². The van der Waals surface area contributed by atoms with Gasteiger partial charge in [-0.3, -0.25) is 9.78 Å². The second kappa shape index (κ2) is 7.78. The number of pyridine rings is 1. The summed E-state index contributed by atoms with van der Waals surface area (Å²) in [6.45, 7) is 4.50. The summed E-state index contributed by atoms with van der Waals surface area (Å²) in [6.07, 6.45) is 1.59. The maximum atomic E-state index is 12.9. The standard InChI is InChI=1S/C21H20FN3O/c1-14-9-15(2)11-19(10-14)25-21(26)20-12-18(7-8-23-20)24-13-16-3-5-17(22)6-4-16/h3-12H,13H2,1-2H3,(H,23,24)(H,25,26). The molecule has 5 heteroatoms. The molecule has 4 nitrogen and oxygen atoms in total. The maximum absolute atomic E-state index is 12.9. The number of nitrogens with one attached hydrogen (secondary N) is 2. The molecule has 0 spiro atoms. The predicted molar refractivity (Wildman–Crippen MR) is 102 cm³/mol. The van der Waals surface area contributed by atoms with Crippen LogP contribution >= 0.6 is 0 Å². The van der Waals surface area contributed by atoms with E-state index in [1.165, 1.54) is 12.1 Å². The highest BCUT2D eigenvalue weighted by molar-refractivity contribution is 6.03. The molecule has 0 aliphatic rings. The highest BCUT2D eigenvalue weighted by atomic mass is 19.1. The van der Waals surface area contributed by atoms with E-state index in [0.717, 1.165) is 28.1 Å². The number of hydrogen-bond acceptors (Lipinski definition) is 3. The second-order valence-electron chi connectivity index (χ2n) is 6.24. The zero-order valence-corrected chi connectivity index (χ0v) is 14.7. The first kappa shape index (κ1) is 17.6. The van der Waals surface area contributed by atoms with Gasteiger partial charge in [0, 0.05) is 24.1 Å². The van der Waals surface area contributed by atoms with E-state index >= 15 is 0 Å². The predicted octanol–water partition coefficient (Wildman–Crippen LogP) is 4.70. The molecule has 2 N–H and O–H groups in total. The summed E-state index contributed by atoms with van der Waals surface area (Å²) in [7, 11) is 0. The van der Waals surface area contributed by atoms with Crippen LogP contribution in [0.4, 0.5) is 15.8 Å². The molecule has 3 rings (SSSR count). The third kappa shape index (κ3) is 4.66. The van der Waals surface area contributed by atoms with E-state index in [0.29, 0.717) is 12.2 Å². The molecular formula is C21H20FN3O. The van der Waals surface area contributed by atoms with Gasteiger partial charge in [0.15, 0.2) is 0 Å². The van der Waals surface area contributed by atoms with Crippen LogP contribution in [0, 0.1) is 19.7 Å². The summed E-state index contributed by atoms with van der Waals surface area (Å²) in [6, 6.07) is 15.7. The molecule has 0 aliphatic carbocycles. The molecular weight excluding hydrogens is 329 g/mol. The third-order valence-electron chi connectivity index (χ3n) is 3.88. The van der Waals surface area contributed by atoms with E-state index in [2.05, 4.69) is 15.6 Å². The van der Waals surface area contributed by atoms with E-state index in [1.807, 2.05) is 32.0 Å². The average Bonchev–Trinajstić information content (AvgIpc) is 2.60. The van der Waals surface area contributed by atoms with Gasteiger partial charge in [0.25, 0.3) is 5.91 Å². The molecule has 0 bridgehead atoms. The highest BCUT2D eigenvalue weighted by Gasteiger charge is 2.09. The van der Waals surface area contributed by atoms with E-state index in [9.17, 15) is 9.18 Å². The van der Waals surface area contributed by atoms with Gasteiger partial charge < -0.3 is 10.6 Å². The molecule has 0 saturated heterocycles. The Bertz CT molecular complexity index is 903. The lowest BCUT2D eigenvalue weighted by Crippen LogP contribution is -2.14. The molecule has 1 heterocycles. The molecule has 0 saturated carbocycles. The smallest absolute Gasteiger partial charge is 0.274 e. The Morgan fingerprint density at radius 1 is 0.962 bits per heavy atom. The third-order valence-corrected chi connectivity index (χ3v) is 3.88. The summed E-state index contributed by atoms with van der Waals surface area (Å²) in [4.78, 5) is 16.6. The number of anilines is 2. The molecule has 0 unspecified atom stereocenters. The first-order chi connectivity index (χ1) is 12.5. The highest BCUT2D eigenvalue weighted by Crippen LogP contribution is 2.16. The van der Waals surface area contributed by atoms with Crippen LogP contribution in [0.3, 0.4) is 0 Å². The molecule has 1 amide bonds. The maximum Gasteiger partial charge on any atom is 0.274 e. The lowest BCUT2D eigenvalue weighted by Gasteiger charge is -2.10. The van der Waals surface area contributed by atoms with Crippen LogP contribution in [0.15, 0.2) is 60.8 Å². The number of carbonyl (C=O) groups is 1. The Balaban J connectivity index is 1.67. The van der Waals surface area contributed by atoms with Gasteiger partial charge in [-0.05, 0) is 66.9 Å². The van der Waals surface area contributed by atoms with Crippen LogP contribution in [0.2, 0.25) is 0 Å². The molecule has 3 aromatic rings. The fourth-order valence-electron chi connectivity index (χ4n) is 2.71. The largest absolute Gasteiger partial charge is 0.381 e. The van der Waals surface area contributed by atoms with Gasteiger partial charge in [0.2, 0.25) is 0 Å². The fraction of sp³-hybridized carbons (Fsp3) is 0.143. The Kier molecular flexibility index (Phi) is 5.27. The summed E-state index contributed by atoms with van der Waals surface area (Å²) < 4.78 is 12.9. The summed E-state index contributed by atoms with van der Waals surface area (Å²) in [5.74, 6) is -0.525. The van der Waals surface area contributed by atoms with E-state index in [-0.39, 0.29) is 11.7 Å². The van der Waals surface area contributed by atoms with Crippen molar-refractivity contribution >= 4 is 17.3 Å². The SMILES string of the molecule is Cc1cc(C)cc(NC(=O)c2cc(NCc3ccc(F)cc3)ccn2)c1. The number of carbonyl (C=O) groups excluding carboxylic acids is 1. The van der Waals surface area contributed by atoms with E-state index in [4.69, 9.17) is 0 Å². The van der Waals surface area contributed by atoms with Crippen LogP contribution in [0.25, 0.3) is 0 Å². The lowest BCUT2D eigenvalue weighted by molar-refractivity contribution is 0.102. The molecule has 1 aromatic heterocycles. The van der Waals surface area contributed by atoms with Gasteiger partial charge in [-0.25, -0.2) is 4.39 Å². The normalized spacial score (nSPS) is 10.4. The minimum Gasteiger partial charge on any atom is -0.381 e. The molecule has 132 valence electrons. The number of aryl methyl sites for hydroxylation is 2.